The van der Waals surface area contributed by atoms with Crippen molar-refractivity contribution in [1.29, 1.82) is 0 Å². The number of nitrogens with two attached hydrogens (primary N) is 1. The van der Waals surface area contributed by atoms with Gasteiger partial charge in [-0.3, -0.25) is 4.79 Å². The van der Waals surface area contributed by atoms with Crippen molar-refractivity contribution in [2.45, 2.75) is 78.2 Å². The lowest BCUT2D eigenvalue weighted by Crippen LogP contribution is -2.48. The van der Waals surface area contributed by atoms with E-state index in [-0.39, 0.29) is 11.9 Å². The Morgan fingerprint density at radius 2 is 1.73 bits per heavy atom. The minimum Gasteiger partial charge on any atom is -0.459 e. The molecule has 3 rings (SSSR count). The summed E-state index contributed by atoms with van der Waals surface area (Å²) in [5.74, 6) is 0.360. The number of rotatable bonds is 12. The Labute approximate surface area is 200 Å². The molecule has 1 amide bonds. The molecule has 2 heterocycles. The van der Waals surface area contributed by atoms with Crippen molar-refractivity contribution in [3.05, 3.63) is 54.0 Å². The molecule has 0 radical (unpaired) electrons. The van der Waals surface area contributed by atoms with Crippen LogP contribution in [0.3, 0.4) is 0 Å². The lowest BCUT2D eigenvalue weighted by atomic mass is 9.73. The molecule has 1 fully saturated rings. The second-order valence-corrected chi connectivity index (χ2v) is 9.85. The first-order valence-corrected chi connectivity index (χ1v) is 12.9. The largest absolute Gasteiger partial charge is 0.459 e. The van der Waals surface area contributed by atoms with Gasteiger partial charge in [0.1, 0.15) is 0 Å². The topological polar surface area (TPSA) is 62.7 Å². The number of hydrogen-bond donors (Lipinski definition) is 1. The van der Waals surface area contributed by atoms with E-state index in [4.69, 9.17) is 10.2 Å². The van der Waals surface area contributed by atoms with Crippen molar-refractivity contribution in [3.8, 4) is 0 Å². The molecule has 0 spiro atoms. The van der Waals surface area contributed by atoms with E-state index in [9.17, 15) is 4.79 Å². The number of hydrogen-bond acceptors (Lipinski definition) is 4. The van der Waals surface area contributed by atoms with Crippen LogP contribution in [-0.4, -0.2) is 43.0 Å². The number of carbonyl (C=O) groups is 1. The fraction of sp³-hybridized carbons (Fsp3) is 0.607. The first-order valence-electron chi connectivity index (χ1n) is 12.9. The highest BCUT2D eigenvalue weighted by Crippen LogP contribution is 2.37. The van der Waals surface area contributed by atoms with Crippen LogP contribution < -0.4 is 10.6 Å². The van der Waals surface area contributed by atoms with Gasteiger partial charge >= 0.3 is 0 Å². The van der Waals surface area contributed by atoms with Gasteiger partial charge in [-0.05, 0) is 88.2 Å². The van der Waals surface area contributed by atoms with Crippen molar-refractivity contribution < 1.29 is 9.21 Å². The van der Waals surface area contributed by atoms with Crippen molar-refractivity contribution in [2.75, 3.05) is 31.1 Å². The number of amides is 1. The quantitative estimate of drug-likeness (QED) is 0.426. The molecule has 1 aromatic carbocycles. The Morgan fingerprint density at radius 3 is 2.27 bits per heavy atom. The molecule has 0 aliphatic carbocycles. The zero-order chi connectivity index (χ0) is 23.7. The zero-order valence-corrected chi connectivity index (χ0v) is 20.9. The van der Waals surface area contributed by atoms with E-state index >= 15 is 0 Å². The van der Waals surface area contributed by atoms with E-state index in [0.717, 1.165) is 51.1 Å². The second-order valence-electron chi connectivity index (χ2n) is 9.85. The summed E-state index contributed by atoms with van der Waals surface area (Å²) in [6, 6.07) is 12.0. The summed E-state index contributed by atoms with van der Waals surface area (Å²) in [6.45, 7) is 10.6. The predicted molar refractivity (Wildman–Crippen MR) is 137 cm³/mol. The molecular formula is C28H43N3O2. The van der Waals surface area contributed by atoms with E-state index < -0.39 is 0 Å². The van der Waals surface area contributed by atoms with Crippen molar-refractivity contribution >= 4 is 11.6 Å². The number of anilines is 1. The number of likely N-dealkylation sites (tertiary alicyclic amines) is 1. The van der Waals surface area contributed by atoms with E-state index in [2.05, 4.69) is 49.9 Å². The molecule has 0 bridgehead atoms. The van der Waals surface area contributed by atoms with Crippen molar-refractivity contribution in [3.63, 3.8) is 0 Å². The number of piperidine rings is 1. The summed E-state index contributed by atoms with van der Waals surface area (Å²) in [6.07, 6.45) is 10.9. The number of furan rings is 1. The van der Waals surface area contributed by atoms with Gasteiger partial charge in [0.2, 0.25) is 0 Å². The smallest absolute Gasteiger partial charge is 0.294 e. The van der Waals surface area contributed by atoms with E-state index in [1.165, 1.54) is 37.7 Å². The number of benzene rings is 1. The maximum Gasteiger partial charge on any atom is 0.294 e. The number of carbonyl (C=O) groups excluding carboxylic acids is 1. The molecule has 0 saturated carbocycles. The van der Waals surface area contributed by atoms with Crippen LogP contribution in [0.1, 0.15) is 81.3 Å². The third-order valence-electron chi connectivity index (χ3n) is 7.38. The highest BCUT2D eigenvalue weighted by molar-refractivity contribution is 6.04. The highest BCUT2D eigenvalue weighted by Gasteiger charge is 2.33. The van der Waals surface area contributed by atoms with Crippen LogP contribution in [0.2, 0.25) is 0 Å². The molecule has 1 aromatic heterocycles. The third kappa shape index (κ3) is 6.70. The third-order valence-corrected chi connectivity index (χ3v) is 7.38. The predicted octanol–water partition coefficient (Wildman–Crippen LogP) is 6.02. The number of nitrogens with zero attached hydrogens (tertiary/aromatic N) is 2. The lowest BCUT2D eigenvalue weighted by Gasteiger charge is -2.40. The Balaban J connectivity index is 1.66. The molecule has 1 aliphatic heterocycles. The summed E-state index contributed by atoms with van der Waals surface area (Å²) in [5.41, 5.74) is 8.54. The average molecular weight is 454 g/mol. The van der Waals surface area contributed by atoms with Gasteiger partial charge in [-0.1, -0.05) is 44.4 Å². The molecule has 0 unspecified atom stereocenters. The van der Waals surface area contributed by atoms with Crippen LogP contribution in [-0.2, 0) is 0 Å². The second kappa shape index (κ2) is 12.4. The van der Waals surface area contributed by atoms with Gasteiger partial charge in [0.25, 0.3) is 5.91 Å². The van der Waals surface area contributed by atoms with Gasteiger partial charge in [-0.25, -0.2) is 0 Å². The Morgan fingerprint density at radius 1 is 1.06 bits per heavy atom. The molecule has 1 saturated heterocycles. The van der Waals surface area contributed by atoms with Crippen LogP contribution in [0.25, 0.3) is 0 Å². The standard InChI is InChI=1S/C28H43N3O2/c1-4-14-28(15-5-2,16-18-29)17-21-30-19-12-25(13-20-30)31(24-10-8-23(3)9-11-24)27(32)26-7-6-22-33-26/h6-11,22,25H,4-5,12-21,29H2,1-3H3. The molecule has 5 heteroatoms. The lowest BCUT2D eigenvalue weighted by molar-refractivity contribution is 0.0925. The summed E-state index contributed by atoms with van der Waals surface area (Å²) >= 11 is 0. The van der Waals surface area contributed by atoms with E-state index in [1.807, 2.05) is 4.90 Å². The number of aryl methyl sites for hydroxylation is 1. The molecule has 0 atom stereocenters. The Hall–Kier alpha value is -2.11. The van der Waals surface area contributed by atoms with Crippen LogP contribution in [0.4, 0.5) is 5.69 Å². The normalized spacial score (nSPS) is 15.6. The van der Waals surface area contributed by atoms with Gasteiger partial charge in [0.15, 0.2) is 5.76 Å². The molecule has 182 valence electrons. The van der Waals surface area contributed by atoms with Gasteiger partial charge in [0.05, 0.1) is 6.26 Å². The summed E-state index contributed by atoms with van der Waals surface area (Å²) in [7, 11) is 0. The molecule has 33 heavy (non-hydrogen) atoms. The van der Waals surface area contributed by atoms with E-state index in [0.29, 0.717) is 11.2 Å². The SMILES string of the molecule is CCCC(CCC)(CCN)CCN1CCC(N(C(=O)c2ccco2)c2ccc(C)cc2)CC1. The Bertz CT molecular complexity index is 806. The van der Waals surface area contributed by atoms with Crippen LogP contribution in [0.15, 0.2) is 47.1 Å². The van der Waals surface area contributed by atoms with Gasteiger partial charge in [0, 0.05) is 24.8 Å². The maximum atomic E-state index is 13.4. The van der Waals surface area contributed by atoms with Gasteiger partial charge in [-0.15, -0.1) is 0 Å². The monoisotopic (exact) mass is 453 g/mol. The zero-order valence-electron chi connectivity index (χ0n) is 20.9. The molecule has 5 nitrogen and oxygen atoms in total. The first-order chi connectivity index (χ1) is 16.0. The van der Waals surface area contributed by atoms with Crippen LogP contribution >= 0.6 is 0 Å². The molecular weight excluding hydrogens is 410 g/mol. The van der Waals surface area contributed by atoms with Crippen molar-refractivity contribution in [2.24, 2.45) is 11.1 Å². The fourth-order valence-electron chi connectivity index (χ4n) is 5.63. The average Bonchev–Trinajstić information content (AvgIpc) is 3.36. The summed E-state index contributed by atoms with van der Waals surface area (Å²) in [5, 5.41) is 0. The molecule has 2 N–H and O–H groups in total. The fourth-order valence-corrected chi connectivity index (χ4v) is 5.63. The van der Waals surface area contributed by atoms with Gasteiger partial charge < -0.3 is 20.0 Å². The van der Waals surface area contributed by atoms with E-state index in [1.54, 1.807) is 18.4 Å². The summed E-state index contributed by atoms with van der Waals surface area (Å²) < 4.78 is 5.47. The van der Waals surface area contributed by atoms with Crippen LogP contribution in [0, 0.1) is 12.3 Å². The van der Waals surface area contributed by atoms with Gasteiger partial charge in [-0.2, -0.15) is 0 Å². The minimum absolute atomic E-state index is 0.0462. The summed E-state index contributed by atoms with van der Waals surface area (Å²) in [4.78, 5) is 17.9. The Kier molecular flexibility index (Phi) is 9.57. The molecule has 1 aliphatic rings. The van der Waals surface area contributed by atoms with Crippen LogP contribution in [0.5, 0.6) is 0 Å². The first kappa shape index (κ1) is 25.5. The highest BCUT2D eigenvalue weighted by atomic mass is 16.3. The minimum atomic E-state index is -0.0462. The molecule has 2 aromatic rings. The maximum absolute atomic E-state index is 13.4. The van der Waals surface area contributed by atoms with Crippen molar-refractivity contribution in [1.82, 2.24) is 4.90 Å².